The predicted molar refractivity (Wildman–Crippen MR) is 70.9 cm³/mol. The summed E-state index contributed by atoms with van der Waals surface area (Å²) >= 11 is 0. The van der Waals surface area contributed by atoms with Crippen LogP contribution in [-0.2, 0) is 4.74 Å². The average molecular weight is 254 g/mol. The number of nitrogens with one attached hydrogen (secondary N) is 1. The van der Waals surface area contributed by atoms with Gasteiger partial charge in [-0.25, -0.2) is 4.39 Å². The fourth-order valence-electron chi connectivity index (χ4n) is 2.04. The minimum atomic E-state index is -0.274. The molecule has 1 aromatic rings. The Labute approximate surface area is 109 Å². The molecule has 18 heavy (non-hydrogen) atoms. The third-order valence-electron chi connectivity index (χ3n) is 2.91. The van der Waals surface area contributed by atoms with E-state index in [1.54, 1.807) is 12.3 Å². The van der Waals surface area contributed by atoms with Crippen LogP contribution in [0.1, 0.15) is 45.2 Å². The van der Waals surface area contributed by atoms with Gasteiger partial charge in [0.2, 0.25) is 0 Å². The van der Waals surface area contributed by atoms with Gasteiger partial charge in [0.1, 0.15) is 5.82 Å². The van der Waals surface area contributed by atoms with Crippen LogP contribution >= 0.6 is 0 Å². The quantitative estimate of drug-likeness (QED) is 0.774. The first-order chi connectivity index (χ1) is 8.74. The van der Waals surface area contributed by atoms with Crippen molar-refractivity contribution in [3.05, 3.63) is 29.8 Å². The number of pyridine rings is 1. The maximum absolute atomic E-state index is 13.8. The summed E-state index contributed by atoms with van der Waals surface area (Å²) in [5, 5.41) is 3.37. The lowest BCUT2D eigenvalue weighted by molar-refractivity contribution is 0.0305. The fraction of sp³-hybridized carbons (Fsp3) is 0.643. The van der Waals surface area contributed by atoms with Crippen molar-refractivity contribution < 1.29 is 9.13 Å². The molecule has 102 valence electrons. The van der Waals surface area contributed by atoms with Gasteiger partial charge in [-0.15, -0.1) is 0 Å². The van der Waals surface area contributed by atoms with Crippen molar-refractivity contribution in [2.24, 2.45) is 0 Å². The van der Waals surface area contributed by atoms with E-state index < -0.39 is 0 Å². The maximum atomic E-state index is 13.8. The standard InChI is InChI=1S/C14H23FN2O/c1-4-8-17-14(13(5-2)18-6-3)11-7-9-16-10-12(11)15/h7,9-10,13-14,17H,4-6,8H2,1-3H3. The Morgan fingerprint density at radius 1 is 1.39 bits per heavy atom. The molecule has 0 amide bonds. The molecule has 0 aromatic carbocycles. The second-order valence-corrected chi connectivity index (χ2v) is 4.23. The monoisotopic (exact) mass is 254 g/mol. The molecule has 1 aromatic heterocycles. The molecule has 4 heteroatoms. The van der Waals surface area contributed by atoms with Crippen LogP contribution in [0.4, 0.5) is 4.39 Å². The van der Waals surface area contributed by atoms with E-state index in [9.17, 15) is 4.39 Å². The molecule has 0 fully saturated rings. The Hall–Kier alpha value is -1.00. The minimum Gasteiger partial charge on any atom is -0.377 e. The van der Waals surface area contributed by atoms with E-state index in [0.29, 0.717) is 12.2 Å². The Bertz CT molecular complexity index is 346. The summed E-state index contributed by atoms with van der Waals surface area (Å²) in [5.41, 5.74) is 0.638. The van der Waals surface area contributed by atoms with Crippen molar-refractivity contribution in [3.63, 3.8) is 0 Å². The molecule has 0 aliphatic heterocycles. The number of aromatic nitrogens is 1. The molecular formula is C14H23FN2O. The largest absolute Gasteiger partial charge is 0.377 e. The maximum Gasteiger partial charge on any atom is 0.146 e. The molecule has 0 aliphatic carbocycles. The minimum absolute atomic E-state index is 0.0153. The molecule has 0 radical (unpaired) electrons. The van der Waals surface area contributed by atoms with Gasteiger partial charge < -0.3 is 10.1 Å². The number of hydrogen-bond acceptors (Lipinski definition) is 3. The van der Waals surface area contributed by atoms with Crippen LogP contribution in [0.2, 0.25) is 0 Å². The number of hydrogen-bond donors (Lipinski definition) is 1. The first-order valence-corrected chi connectivity index (χ1v) is 6.68. The van der Waals surface area contributed by atoms with E-state index >= 15 is 0 Å². The number of ether oxygens (including phenoxy) is 1. The van der Waals surface area contributed by atoms with Crippen LogP contribution in [0, 0.1) is 5.82 Å². The van der Waals surface area contributed by atoms with Crippen molar-refractivity contribution in [3.8, 4) is 0 Å². The van der Waals surface area contributed by atoms with Crippen LogP contribution in [0.3, 0.4) is 0 Å². The summed E-state index contributed by atoms with van der Waals surface area (Å²) in [6, 6.07) is 1.61. The number of halogens is 1. The van der Waals surface area contributed by atoms with Crippen LogP contribution in [0.5, 0.6) is 0 Å². The van der Waals surface area contributed by atoms with Gasteiger partial charge in [0.05, 0.1) is 18.3 Å². The van der Waals surface area contributed by atoms with E-state index in [-0.39, 0.29) is 18.0 Å². The van der Waals surface area contributed by atoms with Gasteiger partial charge >= 0.3 is 0 Å². The summed E-state index contributed by atoms with van der Waals surface area (Å²) in [7, 11) is 0. The van der Waals surface area contributed by atoms with Crippen molar-refractivity contribution in [2.75, 3.05) is 13.2 Å². The lowest BCUT2D eigenvalue weighted by Crippen LogP contribution is -2.34. The summed E-state index contributed by atoms with van der Waals surface area (Å²) in [6.45, 7) is 7.59. The molecular weight excluding hydrogens is 231 g/mol. The fourth-order valence-corrected chi connectivity index (χ4v) is 2.04. The zero-order valence-electron chi connectivity index (χ0n) is 11.4. The van der Waals surface area contributed by atoms with Gasteiger partial charge in [0, 0.05) is 18.4 Å². The van der Waals surface area contributed by atoms with Gasteiger partial charge in [-0.2, -0.15) is 0 Å². The Morgan fingerprint density at radius 3 is 2.72 bits per heavy atom. The van der Waals surface area contributed by atoms with E-state index in [1.807, 2.05) is 6.92 Å². The Balaban J connectivity index is 2.92. The molecule has 0 bridgehead atoms. The van der Waals surface area contributed by atoms with Crippen LogP contribution in [0.25, 0.3) is 0 Å². The highest BCUT2D eigenvalue weighted by Gasteiger charge is 2.24. The lowest BCUT2D eigenvalue weighted by atomic mass is 10.00. The van der Waals surface area contributed by atoms with Crippen molar-refractivity contribution in [2.45, 2.75) is 45.8 Å². The van der Waals surface area contributed by atoms with Gasteiger partial charge in [-0.3, -0.25) is 4.98 Å². The van der Waals surface area contributed by atoms with E-state index in [2.05, 4.69) is 24.1 Å². The number of nitrogens with zero attached hydrogens (tertiary/aromatic N) is 1. The van der Waals surface area contributed by atoms with Gasteiger partial charge in [-0.05, 0) is 32.4 Å². The topological polar surface area (TPSA) is 34.2 Å². The third kappa shape index (κ3) is 4.03. The van der Waals surface area contributed by atoms with Crippen molar-refractivity contribution in [1.82, 2.24) is 10.3 Å². The zero-order chi connectivity index (χ0) is 13.4. The summed E-state index contributed by atoms with van der Waals surface area (Å²) in [6.07, 6.45) is 4.72. The zero-order valence-corrected chi connectivity index (χ0v) is 11.4. The SMILES string of the molecule is CCCNC(c1ccncc1F)C(CC)OCC. The smallest absolute Gasteiger partial charge is 0.146 e. The molecule has 0 saturated carbocycles. The van der Waals surface area contributed by atoms with Crippen LogP contribution in [-0.4, -0.2) is 24.2 Å². The average Bonchev–Trinajstić information content (AvgIpc) is 2.39. The third-order valence-corrected chi connectivity index (χ3v) is 2.91. The molecule has 2 atom stereocenters. The number of rotatable bonds is 8. The van der Waals surface area contributed by atoms with Crippen LogP contribution in [0.15, 0.2) is 18.5 Å². The first-order valence-electron chi connectivity index (χ1n) is 6.68. The Kier molecular flexibility index (Phi) is 6.83. The molecule has 0 saturated heterocycles. The van der Waals surface area contributed by atoms with Crippen molar-refractivity contribution in [1.29, 1.82) is 0 Å². The highest BCUT2D eigenvalue weighted by Crippen LogP contribution is 2.23. The van der Waals surface area contributed by atoms with E-state index in [0.717, 1.165) is 19.4 Å². The summed E-state index contributed by atoms with van der Waals surface area (Å²) in [5.74, 6) is -0.274. The highest BCUT2D eigenvalue weighted by molar-refractivity contribution is 5.19. The molecule has 0 spiro atoms. The highest BCUT2D eigenvalue weighted by atomic mass is 19.1. The Morgan fingerprint density at radius 2 is 2.17 bits per heavy atom. The lowest BCUT2D eigenvalue weighted by Gasteiger charge is -2.27. The molecule has 0 aliphatic rings. The van der Waals surface area contributed by atoms with Gasteiger partial charge in [0.25, 0.3) is 0 Å². The van der Waals surface area contributed by atoms with Gasteiger partial charge in [-0.1, -0.05) is 13.8 Å². The first kappa shape index (κ1) is 15.1. The molecule has 1 heterocycles. The molecule has 1 N–H and O–H groups in total. The summed E-state index contributed by atoms with van der Waals surface area (Å²) < 4.78 is 19.6. The second-order valence-electron chi connectivity index (χ2n) is 4.23. The van der Waals surface area contributed by atoms with Crippen molar-refractivity contribution >= 4 is 0 Å². The molecule has 2 unspecified atom stereocenters. The van der Waals surface area contributed by atoms with Crippen LogP contribution < -0.4 is 5.32 Å². The summed E-state index contributed by atoms with van der Waals surface area (Å²) in [4.78, 5) is 3.80. The molecule has 3 nitrogen and oxygen atoms in total. The van der Waals surface area contributed by atoms with Gasteiger partial charge in [0.15, 0.2) is 0 Å². The van der Waals surface area contributed by atoms with E-state index in [4.69, 9.17) is 4.74 Å². The normalized spacial score (nSPS) is 14.4. The van der Waals surface area contributed by atoms with E-state index in [1.165, 1.54) is 6.20 Å². The molecule has 1 rings (SSSR count). The second kappa shape index (κ2) is 8.16. The predicted octanol–water partition coefficient (Wildman–Crippen LogP) is 3.08.